The van der Waals surface area contributed by atoms with Gasteiger partial charge in [0.05, 0.1) is 7.11 Å². The zero-order chi connectivity index (χ0) is 11.3. The van der Waals surface area contributed by atoms with E-state index in [1.54, 1.807) is 19.4 Å². The van der Waals surface area contributed by atoms with Gasteiger partial charge in [-0.15, -0.1) is 0 Å². The summed E-state index contributed by atoms with van der Waals surface area (Å²) in [6.45, 7) is 2.58. The summed E-state index contributed by atoms with van der Waals surface area (Å²) in [7, 11) is 0.767. The minimum Gasteiger partial charge on any atom is -0.481 e. The Morgan fingerprint density at radius 1 is 1.60 bits per heavy atom. The van der Waals surface area contributed by atoms with Crippen molar-refractivity contribution in [3.05, 3.63) is 18.2 Å². The summed E-state index contributed by atoms with van der Waals surface area (Å²) < 4.78 is 16.1. The summed E-state index contributed by atoms with van der Waals surface area (Å²) in [6, 6.07) is 5.50. The van der Waals surface area contributed by atoms with Gasteiger partial charge in [-0.25, -0.2) is 0 Å². The number of hydrogen-bond acceptors (Lipinski definition) is 4. The van der Waals surface area contributed by atoms with E-state index in [1.165, 1.54) is 0 Å². The van der Waals surface area contributed by atoms with Gasteiger partial charge in [0, 0.05) is 34.9 Å². The van der Waals surface area contributed by atoms with Crippen LogP contribution in [0.15, 0.2) is 18.2 Å². The third-order valence-corrected chi connectivity index (χ3v) is 3.37. The molecule has 15 heavy (non-hydrogen) atoms. The van der Waals surface area contributed by atoms with Crippen LogP contribution in [0.1, 0.15) is 6.92 Å². The van der Waals surface area contributed by atoms with Crippen molar-refractivity contribution in [2.75, 3.05) is 25.2 Å². The van der Waals surface area contributed by atoms with Crippen LogP contribution in [0.3, 0.4) is 0 Å². The Kier molecular flexibility index (Phi) is 4.55. The normalized spacial score (nSPS) is 14.3. The summed E-state index contributed by atoms with van der Waals surface area (Å²) in [6.07, 6.45) is 1.70. The number of hydrogen-bond donors (Lipinski definition) is 1. The lowest BCUT2D eigenvalue weighted by Crippen LogP contribution is -2.21. The van der Waals surface area contributed by atoms with Crippen molar-refractivity contribution < 1.29 is 8.95 Å². The lowest BCUT2D eigenvalue weighted by molar-refractivity contribution is 0.398. The molecule has 2 atom stereocenters. The largest absolute Gasteiger partial charge is 0.481 e. The third-order valence-electron chi connectivity index (χ3n) is 2.07. The van der Waals surface area contributed by atoms with Gasteiger partial charge in [-0.2, -0.15) is 4.98 Å². The Balaban J connectivity index is 2.53. The molecule has 0 saturated heterocycles. The van der Waals surface area contributed by atoms with Crippen LogP contribution in [-0.2, 0) is 10.8 Å². The molecule has 0 bridgehead atoms. The fraction of sp³-hybridized carbons (Fsp3) is 0.500. The summed E-state index contributed by atoms with van der Waals surface area (Å²) in [5.41, 5.74) is 0. The van der Waals surface area contributed by atoms with Crippen LogP contribution in [0.25, 0.3) is 0 Å². The number of rotatable bonds is 5. The molecule has 1 heterocycles. The zero-order valence-electron chi connectivity index (χ0n) is 9.19. The molecule has 0 fully saturated rings. The minimum absolute atomic E-state index is 0.109. The molecular weight excluding hydrogens is 212 g/mol. The van der Waals surface area contributed by atoms with Gasteiger partial charge in [0.25, 0.3) is 0 Å². The standard InChI is InChI=1S/C10H16N2O2S/c1-8(15(3)13)7-11-9-5-4-6-10(12-9)14-2/h4-6,8H,7H2,1-3H3,(H,11,12). The molecule has 2 unspecified atom stereocenters. The SMILES string of the molecule is COc1cccc(NCC(C)S(C)=O)n1. The molecule has 1 aromatic heterocycles. The number of anilines is 1. The van der Waals surface area contributed by atoms with Crippen LogP contribution in [0.4, 0.5) is 5.82 Å². The zero-order valence-corrected chi connectivity index (χ0v) is 10.0. The Morgan fingerprint density at radius 3 is 2.93 bits per heavy atom. The Labute approximate surface area is 92.5 Å². The van der Waals surface area contributed by atoms with Crippen molar-refractivity contribution in [1.82, 2.24) is 4.98 Å². The second kappa shape index (κ2) is 5.70. The van der Waals surface area contributed by atoms with Gasteiger partial charge in [0.2, 0.25) is 5.88 Å². The average Bonchev–Trinajstić information content (AvgIpc) is 2.26. The molecule has 1 aromatic rings. The molecule has 5 heteroatoms. The monoisotopic (exact) mass is 228 g/mol. The number of aromatic nitrogens is 1. The van der Waals surface area contributed by atoms with Crippen LogP contribution < -0.4 is 10.1 Å². The summed E-state index contributed by atoms with van der Waals surface area (Å²) >= 11 is 0. The van der Waals surface area contributed by atoms with Gasteiger partial charge in [-0.3, -0.25) is 4.21 Å². The van der Waals surface area contributed by atoms with Crippen molar-refractivity contribution in [3.8, 4) is 5.88 Å². The molecule has 1 N–H and O–H groups in total. The molecule has 1 rings (SSSR count). The fourth-order valence-electron chi connectivity index (χ4n) is 0.993. The highest BCUT2D eigenvalue weighted by Crippen LogP contribution is 2.10. The maximum absolute atomic E-state index is 11.1. The Hall–Kier alpha value is -1.10. The van der Waals surface area contributed by atoms with Crippen LogP contribution in [0, 0.1) is 0 Å². The predicted octanol–water partition coefficient (Wildman–Crippen LogP) is 1.27. The first-order chi connectivity index (χ1) is 7.13. The molecule has 0 spiro atoms. The first-order valence-electron chi connectivity index (χ1n) is 4.70. The number of ether oxygens (including phenoxy) is 1. The Morgan fingerprint density at radius 2 is 2.33 bits per heavy atom. The predicted molar refractivity (Wildman–Crippen MR) is 62.8 cm³/mol. The number of nitrogens with one attached hydrogen (secondary N) is 1. The third kappa shape index (κ3) is 3.87. The summed E-state index contributed by atoms with van der Waals surface area (Å²) in [4.78, 5) is 4.19. The van der Waals surface area contributed by atoms with Gasteiger partial charge in [-0.1, -0.05) is 6.07 Å². The van der Waals surface area contributed by atoms with Gasteiger partial charge < -0.3 is 10.1 Å². The molecule has 0 aliphatic heterocycles. The quantitative estimate of drug-likeness (QED) is 0.824. The van der Waals surface area contributed by atoms with E-state index < -0.39 is 10.8 Å². The van der Waals surface area contributed by atoms with Crippen molar-refractivity contribution in [2.45, 2.75) is 12.2 Å². The Bertz CT molecular complexity index is 344. The minimum atomic E-state index is -0.813. The first kappa shape index (κ1) is 12.0. The molecule has 4 nitrogen and oxygen atoms in total. The van der Waals surface area contributed by atoms with Gasteiger partial charge in [0.1, 0.15) is 5.82 Å². The van der Waals surface area contributed by atoms with E-state index in [4.69, 9.17) is 4.74 Å². The lowest BCUT2D eigenvalue weighted by atomic mass is 10.4. The molecule has 0 aliphatic rings. The van der Waals surface area contributed by atoms with E-state index in [-0.39, 0.29) is 5.25 Å². The fourth-order valence-corrected chi connectivity index (χ4v) is 1.31. The van der Waals surface area contributed by atoms with Crippen molar-refractivity contribution in [3.63, 3.8) is 0 Å². The molecule has 0 radical (unpaired) electrons. The molecule has 0 aromatic carbocycles. The number of nitrogens with zero attached hydrogens (tertiary/aromatic N) is 1. The van der Waals surface area contributed by atoms with E-state index in [0.717, 1.165) is 5.82 Å². The average molecular weight is 228 g/mol. The van der Waals surface area contributed by atoms with Gasteiger partial charge in [0.15, 0.2) is 0 Å². The van der Waals surface area contributed by atoms with E-state index in [9.17, 15) is 4.21 Å². The lowest BCUT2D eigenvalue weighted by Gasteiger charge is -2.10. The van der Waals surface area contributed by atoms with Crippen LogP contribution in [0.2, 0.25) is 0 Å². The first-order valence-corrected chi connectivity index (χ1v) is 6.32. The van der Waals surface area contributed by atoms with E-state index in [0.29, 0.717) is 12.4 Å². The van der Waals surface area contributed by atoms with Gasteiger partial charge >= 0.3 is 0 Å². The van der Waals surface area contributed by atoms with Crippen LogP contribution in [-0.4, -0.2) is 34.4 Å². The highest BCUT2D eigenvalue weighted by Gasteiger charge is 2.05. The van der Waals surface area contributed by atoms with Crippen LogP contribution >= 0.6 is 0 Å². The highest BCUT2D eigenvalue weighted by atomic mass is 32.2. The second-order valence-electron chi connectivity index (χ2n) is 3.26. The molecule has 0 amide bonds. The van der Waals surface area contributed by atoms with Crippen molar-refractivity contribution in [2.24, 2.45) is 0 Å². The maximum atomic E-state index is 11.1. The number of methoxy groups -OCH3 is 1. The van der Waals surface area contributed by atoms with E-state index >= 15 is 0 Å². The van der Waals surface area contributed by atoms with E-state index in [2.05, 4.69) is 10.3 Å². The second-order valence-corrected chi connectivity index (χ2v) is 5.06. The van der Waals surface area contributed by atoms with Crippen LogP contribution in [0.5, 0.6) is 5.88 Å². The smallest absolute Gasteiger partial charge is 0.214 e. The number of pyridine rings is 1. The summed E-state index contributed by atoms with van der Waals surface area (Å²) in [5, 5.41) is 3.23. The van der Waals surface area contributed by atoms with Crippen molar-refractivity contribution in [1.29, 1.82) is 0 Å². The molecule has 0 aliphatic carbocycles. The molecule has 84 valence electrons. The topological polar surface area (TPSA) is 51.2 Å². The summed E-state index contributed by atoms with van der Waals surface area (Å²) in [5.74, 6) is 1.32. The highest BCUT2D eigenvalue weighted by molar-refractivity contribution is 7.84. The molecular formula is C10H16N2O2S. The molecule has 0 saturated carbocycles. The van der Waals surface area contributed by atoms with Gasteiger partial charge in [-0.05, 0) is 13.0 Å². The van der Waals surface area contributed by atoms with E-state index in [1.807, 2.05) is 19.1 Å². The maximum Gasteiger partial charge on any atom is 0.214 e. The van der Waals surface area contributed by atoms with Crippen molar-refractivity contribution >= 4 is 16.6 Å².